The second-order valence-electron chi connectivity index (χ2n) is 9.46. The zero-order chi connectivity index (χ0) is 18.4. The maximum Gasteiger partial charge on any atom is 0.162 e. The highest BCUT2D eigenvalue weighted by Crippen LogP contribution is 2.67. The molecule has 0 aromatic rings. The van der Waals surface area contributed by atoms with E-state index in [9.17, 15) is 24.9 Å². The number of ketones is 2. The Morgan fingerprint density at radius 2 is 1.64 bits per heavy atom. The van der Waals surface area contributed by atoms with Gasteiger partial charge in [0.15, 0.2) is 5.78 Å². The summed E-state index contributed by atoms with van der Waals surface area (Å²) >= 11 is 0. The topological polar surface area (TPSA) is 94.8 Å². The molecule has 0 amide bonds. The molecule has 5 heteroatoms. The quantitative estimate of drug-likeness (QED) is 0.617. The van der Waals surface area contributed by atoms with Crippen LogP contribution in [0.15, 0.2) is 11.6 Å². The molecule has 3 saturated carbocycles. The van der Waals surface area contributed by atoms with Gasteiger partial charge in [-0.1, -0.05) is 13.8 Å². The minimum atomic E-state index is -1.26. The summed E-state index contributed by atoms with van der Waals surface area (Å²) in [6, 6.07) is 0. The molecule has 0 spiro atoms. The molecule has 7 atom stereocenters. The molecule has 0 bridgehead atoms. The molecule has 0 aromatic carbocycles. The van der Waals surface area contributed by atoms with Crippen LogP contribution in [0.2, 0.25) is 0 Å². The van der Waals surface area contributed by atoms with Gasteiger partial charge in [-0.25, -0.2) is 0 Å². The number of carbonyl (C=O) groups is 2. The van der Waals surface area contributed by atoms with Crippen LogP contribution in [0, 0.1) is 22.2 Å². The maximum absolute atomic E-state index is 13.1. The minimum Gasteiger partial charge on any atom is -0.390 e. The molecule has 25 heavy (non-hydrogen) atoms. The monoisotopic (exact) mass is 348 g/mol. The molecule has 0 aromatic heterocycles. The van der Waals surface area contributed by atoms with Crippen LogP contribution in [0.5, 0.6) is 0 Å². The van der Waals surface area contributed by atoms with Gasteiger partial charge in [0.25, 0.3) is 0 Å². The third-order valence-corrected chi connectivity index (χ3v) is 8.58. The number of hydrogen-bond acceptors (Lipinski definition) is 5. The fraction of sp³-hybridized carbons (Fsp3) is 0.800. The summed E-state index contributed by atoms with van der Waals surface area (Å²) < 4.78 is 0. The van der Waals surface area contributed by atoms with E-state index in [4.69, 9.17) is 0 Å². The first-order valence-electron chi connectivity index (χ1n) is 9.38. The van der Waals surface area contributed by atoms with Crippen molar-refractivity contribution in [2.24, 2.45) is 22.2 Å². The second-order valence-corrected chi connectivity index (χ2v) is 9.46. The highest BCUT2D eigenvalue weighted by atomic mass is 16.3. The number of Topliss-reactive ketones (excluding diaryl/α,β-unsaturated/α-hetero) is 1. The van der Waals surface area contributed by atoms with Gasteiger partial charge in [-0.2, -0.15) is 0 Å². The Morgan fingerprint density at radius 1 is 1.00 bits per heavy atom. The fourth-order valence-corrected chi connectivity index (χ4v) is 6.44. The lowest BCUT2D eigenvalue weighted by Crippen LogP contribution is -2.64. The van der Waals surface area contributed by atoms with Crippen molar-refractivity contribution >= 4 is 11.6 Å². The average molecular weight is 348 g/mol. The summed E-state index contributed by atoms with van der Waals surface area (Å²) in [5.41, 5.74) is -2.66. The number of aliphatic hydroxyl groups excluding tert-OH is 2. The van der Waals surface area contributed by atoms with E-state index >= 15 is 0 Å². The minimum absolute atomic E-state index is 0.0543. The van der Waals surface area contributed by atoms with Gasteiger partial charge in [-0.3, -0.25) is 9.59 Å². The molecule has 5 nitrogen and oxygen atoms in total. The van der Waals surface area contributed by atoms with Gasteiger partial charge in [0.05, 0.1) is 23.2 Å². The van der Waals surface area contributed by atoms with E-state index in [2.05, 4.69) is 0 Å². The maximum atomic E-state index is 13.1. The van der Waals surface area contributed by atoms with Crippen LogP contribution >= 0.6 is 0 Å². The van der Waals surface area contributed by atoms with E-state index < -0.39 is 34.1 Å². The molecule has 3 N–H and O–H groups in total. The van der Waals surface area contributed by atoms with Crippen molar-refractivity contribution in [3.63, 3.8) is 0 Å². The Bertz CT molecular complexity index is 698. The van der Waals surface area contributed by atoms with Crippen LogP contribution in [0.1, 0.15) is 59.3 Å². The molecule has 138 valence electrons. The Labute approximate surface area is 148 Å². The van der Waals surface area contributed by atoms with Crippen molar-refractivity contribution in [2.45, 2.75) is 77.1 Å². The summed E-state index contributed by atoms with van der Waals surface area (Å²) in [6.45, 7) is 5.73. The van der Waals surface area contributed by atoms with Crippen LogP contribution in [0.25, 0.3) is 0 Å². The van der Waals surface area contributed by atoms with Crippen molar-refractivity contribution in [1.29, 1.82) is 0 Å². The van der Waals surface area contributed by atoms with Gasteiger partial charge in [-0.05, 0) is 62.0 Å². The lowest BCUT2D eigenvalue weighted by molar-refractivity contribution is -0.174. The number of allylic oxidation sites excluding steroid dienone is 1. The molecule has 0 heterocycles. The van der Waals surface area contributed by atoms with Crippen LogP contribution < -0.4 is 0 Å². The standard InChI is InChI=1S/C20H28O5/c1-17-6-4-11-12(20(17,25)7-5-15(17)23)8-16(24)19(3)10-14(22)13(21)9-18(11,19)2/h8,11,13-14,21-22,25H,4-7,9-10H2,1-3H3/t11-,13-,14+,17+,18+,19-,20?/m0/s1. The molecule has 0 aliphatic heterocycles. The summed E-state index contributed by atoms with van der Waals surface area (Å²) in [7, 11) is 0. The van der Waals surface area contributed by atoms with E-state index in [0.29, 0.717) is 31.3 Å². The molecular formula is C20H28O5. The largest absolute Gasteiger partial charge is 0.390 e. The summed E-state index contributed by atoms with van der Waals surface area (Å²) in [6.07, 6.45) is 2.42. The van der Waals surface area contributed by atoms with Crippen molar-refractivity contribution < 1.29 is 24.9 Å². The van der Waals surface area contributed by atoms with Gasteiger partial charge in [0.2, 0.25) is 0 Å². The van der Waals surface area contributed by atoms with Gasteiger partial charge < -0.3 is 15.3 Å². The van der Waals surface area contributed by atoms with Gasteiger partial charge in [-0.15, -0.1) is 0 Å². The number of carbonyl (C=O) groups excluding carboxylic acids is 2. The third-order valence-electron chi connectivity index (χ3n) is 8.58. The van der Waals surface area contributed by atoms with Crippen LogP contribution in [-0.4, -0.2) is 44.7 Å². The molecule has 4 aliphatic carbocycles. The summed E-state index contributed by atoms with van der Waals surface area (Å²) in [4.78, 5) is 25.6. The Balaban J connectivity index is 1.88. The van der Waals surface area contributed by atoms with Crippen LogP contribution in [-0.2, 0) is 9.59 Å². The Morgan fingerprint density at radius 3 is 2.32 bits per heavy atom. The fourth-order valence-electron chi connectivity index (χ4n) is 6.44. The van der Waals surface area contributed by atoms with E-state index in [1.165, 1.54) is 0 Å². The number of hydrogen-bond donors (Lipinski definition) is 3. The second kappa shape index (κ2) is 4.81. The highest BCUT2D eigenvalue weighted by Gasteiger charge is 2.69. The van der Waals surface area contributed by atoms with Crippen LogP contribution in [0.3, 0.4) is 0 Å². The number of rotatable bonds is 0. The van der Waals surface area contributed by atoms with E-state index in [1.54, 1.807) is 6.08 Å². The van der Waals surface area contributed by atoms with Gasteiger partial charge in [0.1, 0.15) is 5.78 Å². The van der Waals surface area contributed by atoms with Gasteiger partial charge in [0, 0.05) is 11.8 Å². The van der Waals surface area contributed by atoms with Crippen molar-refractivity contribution in [3.8, 4) is 0 Å². The average Bonchev–Trinajstić information content (AvgIpc) is 2.77. The van der Waals surface area contributed by atoms with Crippen molar-refractivity contribution in [2.75, 3.05) is 0 Å². The Hall–Kier alpha value is -1.04. The first kappa shape index (κ1) is 17.4. The molecular weight excluding hydrogens is 320 g/mol. The zero-order valence-electron chi connectivity index (χ0n) is 15.2. The van der Waals surface area contributed by atoms with Gasteiger partial charge >= 0.3 is 0 Å². The van der Waals surface area contributed by atoms with E-state index in [1.807, 2.05) is 20.8 Å². The molecule has 3 fully saturated rings. The molecule has 0 radical (unpaired) electrons. The lowest BCUT2D eigenvalue weighted by atomic mass is 9.42. The van der Waals surface area contributed by atoms with E-state index in [0.717, 1.165) is 6.42 Å². The molecule has 4 rings (SSSR count). The predicted molar refractivity (Wildman–Crippen MR) is 90.6 cm³/mol. The van der Waals surface area contributed by atoms with Crippen molar-refractivity contribution in [1.82, 2.24) is 0 Å². The normalized spacial score (nSPS) is 55.3. The van der Waals surface area contributed by atoms with Crippen molar-refractivity contribution in [3.05, 3.63) is 11.6 Å². The summed E-state index contributed by atoms with van der Waals surface area (Å²) in [5.74, 6) is -0.0649. The smallest absolute Gasteiger partial charge is 0.162 e. The number of aliphatic hydroxyl groups is 3. The number of fused-ring (bicyclic) bond motifs is 5. The SMILES string of the molecule is C[C@@]12C[C@@H](O)[C@@H](O)C[C@]1(C)[C@H]1CC[C@]3(C)C(=O)CCC3(O)C1=CC2=O. The lowest BCUT2D eigenvalue weighted by Gasteiger charge is -2.62. The third kappa shape index (κ3) is 1.80. The first-order valence-corrected chi connectivity index (χ1v) is 9.38. The van der Waals surface area contributed by atoms with E-state index in [-0.39, 0.29) is 23.9 Å². The highest BCUT2D eigenvalue weighted by molar-refractivity contribution is 5.99. The van der Waals surface area contributed by atoms with Crippen LogP contribution in [0.4, 0.5) is 0 Å². The molecule has 1 unspecified atom stereocenters. The first-order chi connectivity index (χ1) is 11.5. The molecule has 4 aliphatic rings. The zero-order valence-corrected chi connectivity index (χ0v) is 15.2. The Kier molecular flexibility index (Phi) is 3.35. The molecule has 0 saturated heterocycles. The summed E-state index contributed by atoms with van der Waals surface area (Å²) in [5, 5.41) is 32.0. The predicted octanol–water partition coefficient (Wildman–Crippen LogP) is 1.53.